The molecular formula is C20H23ClN2O3S. The molecule has 0 fully saturated rings. The molecule has 0 saturated carbocycles. The predicted molar refractivity (Wildman–Crippen MR) is 106 cm³/mol. The Bertz CT molecular complexity index is 928. The van der Waals surface area contributed by atoms with Crippen LogP contribution >= 0.6 is 11.6 Å². The first-order chi connectivity index (χ1) is 12.8. The van der Waals surface area contributed by atoms with Crippen LogP contribution in [0, 0.1) is 0 Å². The summed E-state index contributed by atoms with van der Waals surface area (Å²) < 4.78 is 27.0. The molecule has 1 aliphatic heterocycles. The quantitative estimate of drug-likeness (QED) is 0.763. The van der Waals surface area contributed by atoms with E-state index in [1.807, 2.05) is 25.1 Å². The molecule has 0 aromatic heterocycles. The van der Waals surface area contributed by atoms with Crippen LogP contribution in [-0.2, 0) is 21.2 Å². The van der Waals surface area contributed by atoms with Crippen molar-refractivity contribution in [1.29, 1.82) is 0 Å². The summed E-state index contributed by atoms with van der Waals surface area (Å²) in [5.41, 5.74) is 2.37. The Kier molecular flexibility index (Phi) is 5.89. The molecule has 7 heteroatoms. The molecule has 0 aliphatic carbocycles. The smallest absolute Gasteiger partial charge is 0.243 e. The highest BCUT2D eigenvalue weighted by Gasteiger charge is 2.31. The van der Waals surface area contributed by atoms with Crippen molar-refractivity contribution in [2.75, 3.05) is 19.6 Å². The van der Waals surface area contributed by atoms with E-state index in [0.29, 0.717) is 11.6 Å². The molecule has 2 aromatic rings. The van der Waals surface area contributed by atoms with Gasteiger partial charge in [-0.3, -0.25) is 4.79 Å². The number of halogens is 1. The number of nitrogens with zero attached hydrogens (tertiary/aromatic N) is 2. The van der Waals surface area contributed by atoms with E-state index in [-0.39, 0.29) is 29.9 Å². The topological polar surface area (TPSA) is 57.7 Å². The number of amides is 1. The lowest BCUT2D eigenvalue weighted by atomic mass is 9.93. The zero-order valence-corrected chi connectivity index (χ0v) is 17.0. The number of rotatable bonds is 5. The fraction of sp³-hybridized carbons (Fsp3) is 0.350. The number of carbonyl (C=O) groups is 1. The molecule has 1 atom stereocenters. The highest BCUT2D eigenvalue weighted by Crippen LogP contribution is 2.29. The Labute approximate surface area is 165 Å². The minimum atomic E-state index is -3.75. The van der Waals surface area contributed by atoms with Crippen molar-refractivity contribution in [2.45, 2.75) is 31.2 Å². The van der Waals surface area contributed by atoms with Crippen molar-refractivity contribution in [3.8, 4) is 0 Å². The molecule has 0 spiro atoms. The van der Waals surface area contributed by atoms with Gasteiger partial charge in [-0.1, -0.05) is 42.8 Å². The summed E-state index contributed by atoms with van der Waals surface area (Å²) in [6.07, 6.45) is 0.780. The summed E-state index contributed by atoms with van der Waals surface area (Å²) >= 11 is 5.85. The van der Waals surface area contributed by atoms with E-state index in [2.05, 4.69) is 6.07 Å². The summed E-state index contributed by atoms with van der Waals surface area (Å²) in [5.74, 6) is -0.184. The minimum absolute atomic E-state index is 0.0700. The number of fused-ring (bicyclic) bond motifs is 1. The maximum atomic E-state index is 12.9. The van der Waals surface area contributed by atoms with Crippen LogP contribution in [0.25, 0.3) is 0 Å². The fourth-order valence-electron chi connectivity index (χ4n) is 3.48. The normalized spacial score (nSPS) is 17.0. The maximum Gasteiger partial charge on any atom is 0.243 e. The van der Waals surface area contributed by atoms with Crippen molar-refractivity contribution >= 4 is 27.5 Å². The molecule has 1 amide bonds. The number of hydrogen-bond acceptors (Lipinski definition) is 3. The van der Waals surface area contributed by atoms with Gasteiger partial charge in [0, 0.05) is 18.1 Å². The molecule has 3 rings (SSSR count). The molecule has 1 unspecified atom stereocenters. The zero-order valence-electron chi connectivity index (χ0n) is 15.4. The third-order valence-corrected chi connectivity index (χ3v) is 7.22. The van der Waals surface area contributed by atoms with Crippen LogP contribution in [0.4, 0.5) is 0 Å². The summed E-state index contributed by atoms with van der Waals surface area (Å²) in [4.78, 5) is 14.8. The second-order valence-corrected chi connectivity index (χ2v) is 8.97. The van der Waals surface area contributed by atoms with Gasteiger partial charge in [-0.05, 0) is 48.7 Å². The van der Waals surface area contributed by atoms with E-state index < -0.39 is 10.0 Å². The number of carbonyl (C=O) groups excluding carboxylic acids is 1. The fourth-order valence-corrected chi connectivity index (χ4v) is 5.00. The molecular weight excluding hydrogens is 384 g/mol. The second-order valence-electron chi connectivity index (χ2n) is 6.60. The first kappa shape index (κ1) is 19.9. The average Bonchev–Trinajstić information content (AvgIpc) is 2.66. The molecule has 144 valence electrons. The van der Waals surface area contributed by atoms with Crippen molar-refractivity contribution in [2.24, 2.45) is 0 Å². The van der Waals surface area contributed by atoms with E-state index in [9.17, 15) is 13.2 Å². The van der Waals surface area contributed by atoms with Gasteiger partial charge < -0.3 is 4.90 Å². The largest absolute Gasteiger partial charge is 0.334 e. The molecule has 1 heterocycles. The summed E-state index contributed by atoms with van der Waals surface area (Å²) in [6, 6.07) is 14.0. The van der Waals surface area contributed by atoms with Crippen molar-refractivity contribution in [3.63, 3.8) is 0 Å². The number of sulfonamides is 1. The maximum absolute atomic E-state index is 12.9. The highest BCUT2D eigenvalue weighted by molar-refractivity contribution is 7.89. The summed E-state index contributed by atoms with van der Waals surface area (Å²) in [6.45, 7) is 4.36. The van der Waals surface area contributed by atoms with Gasteiger partial charge in [0.2, 0.25) is 15.9 Å². The minimum Gasteiger partial charge on any atom is -0.334 e. The molecule has 5 nitrogen and oxygen atoms in total. The zero-order chi connectivity index (χ0) is 19.6. The van der Waals surface area contributed by atoms with E-state index in [0.717, 1.165) is 12.0 Å². The SMILES string of the molecule is CCN(CC(=O)N1CCc2ccccc2C1C)S(=O)(=O)c1ccc(Cl)cc1. The van der Waals surface area contributed by atoms with E-state index in [1.165, 1.54) is 34.1 Å². The predicted octanol–water partition coefficient (Wildman–Crippen LogP) is 3.50. The third kappa shape index (κ3) is 4.03. The molecule has 0 N–H and O–H groups in total. The Hall–Kier alpha value is -1.89. The third-order valence-electron chi connectivity index (χ3n) is 5.03. The Morgan fingerprint density at radius 2 is 1.85 bits per heavy atom. The second kappa shape index (κ2) is 8.00. The van der Waals surface area contributed by atoms with Crippen LogP contribution in [0.2, 0.25) is 5.02 Å². The average molecular weight is 407 g/mol. The highest BCUT2D eigenvalue weighted by atomic mass is 35.5. The van der Waals surface area contributed by atoms with Crippen LogP contribution in [0.1, 0.15) is 31.0 Å². The first-order valence-corrected chi connectivity index (χ1v) is 10.8. The van der Waals surface area contributed by atoms with Crippen molar-refractivity contribution in [1.82, 2.24) is 9.21 Å². The molecule has 27 heavy (non-hydrogen) atoms. The first-order valence-electron chi connectivity index (χ1n) is 8.97. The Balaban J connectivity index is 1.78. The van der Waals surface area contributed by atoms with Crippen LogP contribution in [-0.4, -0.2) is 43.2 Å². The van der Waals surface area contributed by atoms with Crippen LogP contribution in [0.15, 0.2) is 53.4 Å². The number of hydrogen-bond donors (Lipinski definition) is 0. The summed E-state index contributed by atoms with van der Waals surface area (Å²) in [7, 11) is -3.75. The van der Waals surface area contributed by atoms with Gasteiger partial charge in [-0.25, -0.2) is 8.42 Å². The molecule has 1 aliphatic rings. The lowest BCUT2D eigenvalue weighted by Gasteiger charge is -2.36. The van der Waals surface area contributed by atoms with E-state index in [4.69, 9.17) is 11.6 Å². The van der Waals surface area contributed by atoms with E-state index >= 15 is 0 Å². The van der Waals surface area contributed by atoms with E-state index in [1.54, 1.807) is 11.8 Å². The van der Waals surface area contributed by atoms with Gasteiger partial charge in [0.05, 0.1) is 17.5 Å². The van der Waals surface area contributed by atoms with Gasteiger partial charge in [0.25, 0.3) is 0 Å². The monoisotopic (exact) mass is 406 g/mol. The Morgan fingerprint density at radius 1 is 1.19 bits per heavy atom. The molecule has 0 radical (unpaired) electrons. The lowest BCUT2D eigenvalue weighted by Crippen LogP contribution is -2.46. The number of benzene rings is 2. The standard InChI is InChI=1S/C20H23ClN2O3S/c1-3-22(27(25,26)18-10-8-17(21)9-11-18)14-20(24)23-13-12-16-6-4-5-7-19(16)15(23)2/h4-11,15H,3,12-14H2,1-2H3. The van der Waals surface area contributed by atoms with Gasteiger partial charge in [0.15, 0.2) is 0 Å². The van der Waals surface area contributed by atoms with Gasteiger partial charge in [-0.15, -0.1) is 0 Å². The number of likely N-dealkylation sites (N-methyl/N-ethyl adjacent to an activating group) is 1. The van der Waals surface area contributed by atoms with Gasteiger partial charge >= 0.3 is 0 Å². The van der Waals surface area contributed by atoms with Crippen LogP contribution in [0.5, 0.6) is 0 Å². The van der Waals surface area contributed by atoms with Crippen molar-refractivity contribution < 1.29 is 13.2 Å². The van der Waals surface area contributed by atoms with Crippen molar-refractivity contribution in [3.05, 3.63) is 64.7 Å². The van der Waals surface area contributed by atoms with Gasteiger partial charge in [0.1, 0.15) is 0 Å². The lowest BCUT2D eigenvalue weighted by molar-refractivity contribution is -0.133. The molecule has 0 saturated heterocycles. The summed E-state index contributed by atoms with van der Waals surface area (Å²) in [5, 5.41) is 0.467. The molecule has 0 bridgehead atoms. The van der Waals surface area contributed by atoms with Crippen LogP contribution < -0.4 is 0 Å². The molecule has 2 aromatic carbocycles. The van der Waals surface area contributed by atoms with Crippen LogP contribution in [0.3, 0.4) is 0 Å². The Morgan fingerprint density at radius 3 is 2.52 bits per heavy atom. The van der Waals surface area contributed by atoms with Gasteiger partial charge in [-0.2, -0.15) is 4.31 Å².